The van der Waals surface area contributed by atoms with Gasteiger partial charge in [0.05, 0.1) is 17.3 Å². The lowest BCUT2D eigenvalue weighted by molar-refractivity contribution is -0.136. The molecule has 4 aromatic rings. The van der Waals surface area contributed by atoms with Crippen molar-refractivity contribution < 1.29 is 19.4 Å². The Morgan fingerprint density at radius 2 is 1.78 bits per heavy atom. The number of methoxy groups -OCH3 is 1. The summed E-state index contributed by atoms with van der Waals surface area (Å²) in [5.74, 6) is 0.441. The van der Waals surface area contributed by atoms with Gasteiger partial charge in [-0.1, -0.05) is 48.5 Å². The van der Waals surface area contributed by atoms with Gasteiger partial charge in [-0.05, 0) is 53.5 Å². The summed E-state index contributed by atoms with van der Waals surface area (Å²) in [5.41, 5.74) is 3.77. The SMILES string of the molecule is COc1cc(/C=C(\CCC(=O)O)c2nc3ccccc3s2)ccc1OCc1ccccc1. The molecule has 0 saturated heterocycles. The van der Waals surface area contributed by atoms with Crippen molar-refractivity contribution in [2.24, 2.45) is 0 Å². The first kappa shape index (κ1) is 21.6. The molecule has 0 bridgehead atoms. The molecule has 3 aromatic carbocycles. The zero-order chi connectivity index (χ0) is 22.3. The van der Waals surface area contributed by atoms with Crippen LogP contribution in [0.3, 0.4) is 0 Å². The lowest BCUT2D eigenvalue weighted by Crippen LogP contribution is -1.98. The van der Waals surface area contributed by atoms with Crippen LogP contribution in [0, 0.1) is 0 Å². The highest BCUT2D eigenvalue weighted by molar-refractivity contribution is 7.19. The molecule has 0 saturated carbocycles. The second-order valence-electron chi connectivity index (χ2n) is 7.23. The third-order valence-corrected chi connectivity index (χ3v) is 6.05. The molecule has 5 nitrogen and oxygen atoms in total. The normalized spacial score (nSPS) is 11.5. The Balaban J connectivity index is 1.62. The number of carbonyl (C=O) groups is 1. The van der Waals surface area contributed by atoms with Crippen LogP contribution in [0.2, 0.25) is 0 Å². The number of thiazole rings is 1. The summed E-state index contributed by atoms with van der Waals surface area (Å²) >= 11 is 1.57. The molecule has 0 amide bonds. The number of carboxylic acids is 1. The fourth-order valence-corrected chi connectivity index (χ4v) is 4.33. The molecule has 0 aliphatic carbocycles. The van der Waals surface area contributed by atoms with Gasteiger partial charge in [-0.3, -0.25) is 4.79 Å². The number of aromatic nitrogens is 1. The number of nitrogens with zero attached hydrogens (tertiary/aromatic N) is 1. The lowest BCUT2D eigenvalue weighted by Gasteiger charge is -2.12. The van der Waals surface area contributed by atoms with E-state index < -0.39 is 5.97 Å². The van der Waals surface area contributed by atoms with Gasteiger partial charge >= 0.3 is 5.97 Å². The molecule has 32 heavy (non-hydrogen) atoms. The maximum absolute atomic E-state index is 11.2. The van der Waals surface area contributed by atoms with Crippen LogP contribution in [-0.2, 0) is 11.4 Å². The Morgan fingerprint density at radius 3 is 2.53 bits per heavy atom. The topological polar surface area (TPSA) is 68.7 Å². The monoisotopic (exact) mass is 445 g/mol. The number of hydrogen-bond acceptors (Lipinski definition) is 5. The lowest BCUT2D eigenvalue weighted by atomic mass is 10.1. The number of ether oxygens (including phenoxy) is 2. The standard InChI is InChI=1S/C26H23NO4S/c1-30-23-16-19(11-13-22(23)31-17-18-7-3-2-4-8-18)15-20(12-14-25(28)29)26-27-21-9-5-6-10-24(21)32-26/h2-11,13,15-16H,12,14,17H2,1H3,(H,28,29)/b20-15+. The van der Waals surface area contributed by atoms with E-state index in [2.05, 4.69) is 0 Å². The first-order valence-electron chi connectivity index (χ1n) is 10.3. The van der Waals surface area contributed by atoms with E-state index >= 15 is 0 Å². The largest absolute Gasteiger partial charge is 0.493 e. The number of fused-ring (bicyclic) bond motifs is 1. The average Bonchev–Trinajstić information content (AvgIpc) is 3.25. The fourth-order valence-electron chi connectivity index (χ4n) is 3.32. The second kappa shape index (κ2) is 10.1. The number of carboxylic acid groups (broad SMARTS) is 1. The van der Waals surface area contributed by atoms with Crippen LogP contribution >= 0.6 is 11.3 Å². The molecule has 1 N–H and O–H groups in total. The van der Waals surface area contributed by atoms with Gasteiger partial charge in [0.15, 0.2) is 11.5 Å². The minimum Gasteiger partial charge on any atom is -0.493 e. The molecule has 0 aliphatic heterocycles. The van der Waals surface area contributed by atoms with E-state index in [1.54, 1.807) is 18.4 Å². The smallest absolute Gasteiger partial charge is 0.303 e. The highest BCUT2D eigenvalue weighted by Gasteiger charge is 2.12. The summed E-state index contributed by atoms with van der Waals surface area (Å²) in [5, 5.41) is 10.0. The van der Waals surface area contributed by atoms with Gasteiger partial charge in [0, 0.05) is 6.42 Å². The minimum absolute atomic E-state index is 0.0389. The van der Waals surface area contributed by atoms with Gasteiger partial charge in [0.25, 0.3) is 0 Å². The van der Waals surface area contributed by atoms with E-state index in [1.807, 2.05) is 78.9 Å². The summed E-state index contributed by atoms with van der Waals surface area (Å²) in [6, 6.07) is 23.6. The Hall–Kier alpha value is -3.64. The van der Waals surface area contributed by atoms with E-state index in [1.165, 1.54) is 0 Å². The first-order chi connectivity index (χ1) is 15.6. The summed E-state index contributed by atoms with van der Waals surface area (Å²) in [6.07, 6.45) is 2.41. The van der Waals surface area contributed by atoms with Crippen LogP contribution in [0.4, 0.5) is 0 Å². The highest BCUT2D eigenvalue weighted by atomic mass is 32.1. The predicted molar refractivity (Wildman–Crippen MR) is 128 cm³/mol. The molecular weight excluding hydrogens is 422 g/mol. The molecule has 1 aromatic heterocycles. The van der Waals surface area contributed by atoms with Crippen LogP contribution in [0.5, 0.6) is 11.5 Å². The number of allylic oxidation sites excluding steroid dienone is 1. The molecular formula is C26H23NO4S. The highest BCUT2D eigenvalue weighted by Crippen LogP contribution is 2.34. The molecule has 1 heterocycles. The van der Waals surface area contributed by atoms with Crippen molar-refractivity contribution in [3.8, 4) is 11.5 Å². The molecule has 162 valence electrons. The third kappa shape index (κ3) is 5.34. The van der Waals surface area contributed by atoms with Crippen LogP contribution in [0.15, 0.2) is 72.8 Å². The summed E-state index contributed by atoms with van der Waals surface area (Å²) in [7, 11) is 1.61. The van der Waals surface area contributed by atoms with Gasteiger partial charge in [0.2, 0.25) is 0 Å². The zero-order valence-electron chi connectivity index (χ0n) is 17.7. The fraction of sp³-hybridized carbons (Fsp3) is 0.154. The minimum atomic E-state index is -0.834. The van der Waals surface area contributed by atoms with Gasteiger partial charge in [0.1, 0.15) is 11.6 Å². The van der Waals surface area contributed by atoms with Crippen molar-refractivity contribution in [3.63, 3.8) is 0 Å². The Labute approximate surface area is 190 Å². The van der Waals surface area contributed by atoms with E-state index in [4.69, 9.17) is 14.5 Å². The van der Waals surface area contributed by atoms with Gasteiger partial charge < -0.3 is 14.6 Å². The van der Waals surface area contributed by atoms with Gasteiger partial charge in [-0.2, -0.15) is 0 Å². The predicted octanol–water partition coefficient (Wildman–Crippen LogP) is 6.29. The zero-order valence-corrected chi connectivity index (χ0v) is 18.5. The Kier molecular flexibility index (Phi) is 6.82. The number of aliphatic carboxylic acids is 1. The van der Waals surface area contributed by atoms with Crippen molar-refractivity contribution in [2.75, 3.05) is 7.11 Å². The van der Waals surface area contributed by atoms with Gasteiger partial charge in [-0.25, -0.2) is 4.98 Å². The van der Waals surface area contributed by atoms with Gasteiger partial charge in [-0.15, -0.1) is 11.3 Å². The van der Waals surface area contributed by atoms with Crippen LogP contribution in [0.25, 0.3) is 21.9 Å². The maximum atomic E-state index is 11.2. The Bertz CT molecular complexity index is 1210. The molecule has 0 radical (unpaired) electrons. The first-order valence-corrected chi connectivity index (χ1v) is 11.1. The summed E-state index contributed by atoms with van der Waals surface area (Å²) in [6.45, 7) is 0.446. The number of hydrogen-bond donors (Lipinski definition) is 1. The van der Waals surface area contributed by atoms with Crippen molar-refractivity contribution in [2.45, 2.75) is 19.4 Å². The molecule has 0 unspecified atom stereocenters. The molecule has 0 spiro atoms. The molecule has 4 rings (SSSR count). The number of para-hydroxylation sites is 1. The molecule has 0 fully saturated rings. The Morgan fingerprint density at radius 1 is 1.00 bits per heavy atom. The third-order valence-electron chi connectivity index (χ3n) is 4.94. The average molecular weight is 446 g/mol. The van der Waals surface area contributed by atoms with Crippen molar-refractivity contribution in [3.05, 3.63) is 88.9 Å². The van der Waals surface area contributed by atoms with Crippen LogP contribution in [-0.4, -0.2) is 23.2 Å². The molecule has 0 atom stereocenters. The number of rotatable bonds is 9. The maximum Gasteiger partial charge on any atom is 0.303 e. The van der Waals surface area contributed by atoms with Crippen molar-refractivity contribution in [1.29, 1.82) is 0 Å². The van der Waals surface area contributed by atoms with Crippen molar-refractivity contribution in [1.82, 2.24) is 4.98 Å². The van der Waals surface area contributed by atoms with E-state index in [0.717, 1.165) is 31.9 Å². The van der Waals surface area contributed by atoms with Crippen LogP contribution < -0.4 is 9.47 Å². The quantitative estimate of drug-likeness (QED) is 0.328. The number of benzene rings is 3. The van der Waals surface area contributed by atoms with E-state index in [9.17, 15) is 9.90 Å². The summed E-state index contributed by atoms with van der Waals surface area (Å²) in [4.78, 5) is 15.9. The van der Waals surface area contributed by atoms with E-state index in [0.29, 0.717) is 24.5 Å². The summed E-state index contributed by atoms with van der Waals surface area (Å²) < 4.78 is 12.6. The van der Waals surface area contributed by atoms with Crippen molar-refractivity contribution >= 4 is 39.2 Å². The molecule has 0 aliphatic rings. The second-order valence-corrected chi connectivity index (χ2v) is 8.27. The van der Waals surface area contributed by atoms with Crippen LogP contribution in [0.1, 0.15) is 29.0 Å². The molecule has 6 heteroatoms. The van der Waals surface area contributed by atoms with E-state index in [-0.39, 0.29) is 6.42 Å².